The van der Waals surface area contributed by atoms with Crippen LogP contribution >= 0.6 is 11.8 Å². The SMILES string of the molecule is C=CCCCOC(=O)[C@H]1[C@H]2C(=O)N([C@@H](CO)[C@@H](C)CC)C(C(=O)N(CC=C)CCN3CCOCC3)C23CC[C@]1(C)S3. The van der Waals surface area contributed by atoms with Crippen LogP contribution in [0.3, 0.4) is 0 Å². The Balaban J connectivity index is 1.69. The molecule has 1 N–H and O–H groups in total. The van der Waals surface area contributed by atoms with Gasteiger partial charge in [0.15, 0.2) is 0 Å². The molecule has 2 unspecified atom stereocenters. The number of carbonyl (C=O) groups excluding carboxylic acids is 3. The summed E-state index contributed by atoms with van der Waals surface area (Å²) in [5, 5.41) is 10.6. The Morgan fingerprint density at radius 1 is 1.27 bits per heavy atom. The van der Waals surface area contributed by atoms with Crippen molar-refractivity contribution in [3.63, 3.8) is 0 Å². The molecule has 0 aromatic heterocycles. The summed E-state index contributed by atoms with van der Waals surface area (Å²) in [6, 6.07) is -1.27. The number of carbonyl (C=O) groups is 3. The lowest BCUT2D eigenvalue weighted by Crippen LogP contribution is -2.59. The molecule has 2 amide bonds. The number of likely N-dealkylation sites (tertiary alicyclic amines) is 1. The van der Waals surface area contributed by atoms with E-state index in [-0.39, 0.29) is 36.9 Å². The molecular weight excluding hydrogens is 542 g/mol. The molecule has 4 saturated heterocycles. The lowest BCUT2D eigenvalue weighted by atomic mass is 9.66. The van der Waals surface area contributed by atoms with E-state index >= 15 is 0 Å². The number of aliphatic hydroxyl groups is 1. The third-order valence-corrected chi connectivity index (χ3v) is 11.8. The minimum Gasteiger partial charge on any atom is -0.465 e. The second-order valence-electron chi connectivity index (χ2n) is 12.2. The van der Waals surface area contributed by atoms with Crippen LogP contribution in [0.1, 0.15) is 52.9 Å². The van der Waals surface area contributed by atoms with Gasteiger partial charge in [-0.25, -0.2) is 0 Å². The van der Waals surface area contributed by atoms with Crippen LogP contribution in [0.4, 0.5) is 0 Å². The summed E-state index contributed by atoms with van der Waals surface area (Å²) in [5.74, 6) is -1.97. The molecule has 41 heavy (non-hydrogen) atoms. The maximum Gasteiger partial charge on any atom is 0.311 e. The van der Waals surface area contributed by atoms with E-state index < -0.39 is 33.4 Å². The lowest BCUT2D eigenvalue weighted by molar-refractivity contribution is -0.156. The number of hydrogen-bond acceptors (Lipinski definition) is 8. The number of ether oxygens (including phenoxy) is 2. The fraction of sp³-hybridized carbons (Fsp3) is 0.774. The predicted octanol–water partition coefficient (Wildman–Crippen LogP) is 2.73. The third-order valence-electron chi connectivity index (χ3n) is 9.80. The summed E-state index contributed by atoms with van der Waals surface area (Å²) in [5.41, 5.74) is 0. The number of amides is 2. The summed E-state index contributed by atoms with van der Waals surface area (Å²) in [4.78, 5) is 48.6. The average Bonchev–Trinajstić information content (AvgIpc) is 3.54. The highest BCUT2D eigenvalue weighted by atomic mass is 32.2. The molecule has 230 valence electrons. The highest BCUT2D eigenvalue weighted by Crippen LogP contribution is 2.72. The molecule has 2 bridgehead atoms. The van der Waals surface area contributed by atoms with Gasteiger partial charge < -0.3 is 24.4 Å². The van der Waals surface area contributed by atoms with Gasteiger partial charge in [0.2, 0.25) is 11.8 Å². The number of fused-ring (bicyclic) bond motifs is 1. The van der Waals surface area contributed by atoms with Crippen LogP contribution in [-0.2, 0) is 23.9 Å². The molecule has 0 aliphatic carbocycles. The number of nitrogens with zero attached hydrogens (tertiary/aromatic N) is 3. The van der Waals surface area contributed by atoms with Crippen LogP contribution in [0.5, 0.6) is 0 Å². The van der Waals surface area contributed by atoms with Crippen molar-refractivity contribution in [3.05, 3.63) is 25.3 Å². The zero-order valence-corrected chi connectivity index (χ0v) is 25.9. The minimum atomic E-state index is -0.763. The van der Waals surface area contributed by atoms with Crippen LogP contribution in [0.2, 0.25) is 0 Å². The highest BCUT2D eigenvalue weighted by molar-refractivity contribution is 8.02. The molecule has 4 rings (SSSR count). The Labute approximate surface area is 249 Å². The fourth-order valence-electron chi connectivity index (χ4n) is 7.37. The van der Waals surface area contributed by atoms with Crippen molar-refractivity contribution < 1.29 is 29.0 Å². The zero-order valence-electron chi connectivity index (χ0n) is 25.1. The van der Waals surface area contributed by atoms with Gasteiger partial charge in [-0.1, -0.05) is 32.4 Å². The van der Waals surface area contributed by atoms with Crippen molar-refractivity contribution >= 4 is 29.5 Å². The zero-order chi connectivity index (χ0) is 29.8. The van der Waals surface area contributed by atoms with Crippen LogP contribution in [0.15, 0.2) is 25.3 Å². The molecule has 0 radical (unpaired) electrons. The van der Waals surface area contributed by atoms with E-state index in [2.05, 4.69) is 25.0 Å². The summed E-state index contributed by atoms with van der Waals surface area (Å²) < 4.78 is 9.99. The molecule has 4 aliphatic heterocycles. The molecular formula is C31H49N3O6S. The number of aliphatic hydroxyl groups excluding tert-OH is 1. The largest absolute Gasteiger partial charge is 0.465 e. The number of allylic oxidation sites excluding steroid dienone is 1. The Hall–Kier alpha value is -1.88. The number of rotatable bonds is 15. The van der Waals surface area contributed by atoms with Gasteiger partial charge in [0.1, 0.15) is 6.04 Å². The maximum absolute atomic E-state index is 14.7. The van der Waals surface area contributed by atoms with E-state index in [0.717, 1.165) is 32.4 Å². The second-order valence-corrected chi connectivity index (χ2v) is 14.1. The van der Waals surface area contributed by atoms with Crippen molar-refractivity contribution in [2.75, 3.05) is 59.2 Å². The first-order valence-electron chi connectivity index (χ1n) is 15.3. The Bertz CT molecular complexity index is 989. The number of unbranched alkanes of at least 4 members (excludes halogenated alkanes) is 1. The molecule has 1 spiro atoms. The van der Waals surface area contributed by atoms with Crippen LogP contribution < -0.4 is 0 Å². The van der Waals surface area contributed by atoms with Crippen molar-refractivity contribution in [2.45, 2.75) is 74.5 Å². The molecule has 4 aliphatic rings. The van der Waals surface area contributed by atoms with E-state index in [0.29, 0.717) is 45.7 Å². The predicted molar refractivity (Wildman–Crippen MR) is 160 cm³/mol. The van der Waals surface area contributed by atoms with Crippen molar-refractivity contribution in [3.8, 4) is 0 Å². The van der Waals surface area contributed by atoms with Crippen LogP contribution in [-0.4, -0.2) is 118 Å². The number of thioether (sulfide) groups is 1. The third kappa shape index (κ3) is 5.99. The van der Waals surface area contributed by atoms with Gasteiger partial charge in [-0.15, -0.1) is 24.9 Å². The van der Waals surface area contributed by atoms with E-state index in [9.17, 15) is 19.5 Å². The molecule has 4 fully saturated rings. The summed E-state index contributed by atoms with van der Waals surface area (Å²) in [6.45, 7) is 18.4. The van der Waals surface area contributed by atoms with Gasteiger partial charge in [0, 0.05) is 37.5 Å². The van der Waals surface area contributed by atoms with Gasteiger partial charge in [-0.05, 0) is 38.5 Å². The summed E-state index contributed by atoms with van der Waals surface area (Å²) in [7, 11) is 0. The summed E-state index contributed by atoms with van der Waals surface area (Å²) in [6.07, 6.45) is 7.11. The quantitative estimate of drug-likeness (QED) is 0.176. The fourth-order valence-corrected chi connectivity index (χ4v) is 9.70. The average molecular weight is 592 g/mol. The first-order chi connectivity index (χ1) is 19.7. The van der Waals surface area contributed by atoms with Gasteiger partial charge in [0.05, 0.1) is 49.1 Å². The Kier molecular flexibility index (Phi) is 10.6. The van der Waals surface area contributed by atoms with Crippen LogP contribution in [0, 0.1) is 17.8 Å². The monoisotopic (exact) mass is 591 g/mol. The van der Waals surface area contributed by atoms with E-state index in [4.69, 9.17) is 9.47 Å². The molecule has 0 aromatic carbocycles. The standard InChI is InChI=1S/C31H49N3O6S/c1-6-9-10-18-40-29(38)25-24-27(36)34(23(21-35)22(4)8-3)26(31(24)12-11-30(25,5)41-31)28(37)33(13-7-2)15-14-32-16-19-39-20-17-32/h6-7,22-26,35H,1-2,8-21H2,3-5H3/t22-,23-,24-,25+,26?,30-,31?/m0/s1. The first kappa shape index (κ1) is 32.0. The molecule has 9 nitrogen and oxygen atoms in total. The maximum atomic E-state index is 14.7. The molecule has 0 saturated carbocycles. The molecule has 7 atom stereocenters. The van der Waals surface area contributed by atoms with Gasteiger partial charge in [-0.3, -0.25) is 19.3 Å². The first-order valence-corrected chi connectivity index (χ1v) is 16.1. The topological polar surface area (TPSA) is 99.6 Å². The van der Waals surface area contributed by atoms with Gasteiger partial charge in [0.25, 0.3) is 0 Å². The normalized spacial score (nSPS) is 32.4. The lowest BCUT2D eigenvalue weighted by Gasteiger charge is -2.41. The van der Waals surface area contributed by atoms with Crippen molar-refractivity contribution in [1.82, 2.24) is 14.7 Å². The van der Waals surface area contributed by atoms with E-state index in [1.807, 2.05) is 18.7 Å². The highest BCUT2D eigenvalue weighted by Gasteiger charge is 2.78. The number of esters is 1. The molecule has 10 heteroatoms. The van der Waals surface area contributed by atoms with E-state index in [1.165, 1.54) is 0 Å². The second kappa shape index (κ2) is 13.6. The van der Waals surface area contributed by atoms with Crippen molar-refractivity contribution in [2.24, 2.45) is 17.8 Å². The number of hydrogen-bond donors (Lipinski definition) is 1. The van der Waals surface area contributed by atoms with E-state index in [1.54, 1.807) is 28.8 Å². The molecule has 0 aromatic rings. The number of morpholine rings is 1. The minimum absolute atomic E-state index is 0.0160. The molecule has 4 heterocycles. The van der Waals surface area contributed by atoms with Crippen LogP contribution in [0.25, 0.3) is 0 Å². The van der Waals surface area contributed by atoms with Gasteiger partial charge in [-0.2, -0.15) is 0 Å². The summed E-state index contributed by atoms with van der Waals surface area (Å²) >= 11 is 1.64. The van der Waals surface area contributed by atoms with Crippen molar-refractivity contribution in [1.29, 1.82) is 0 Å². The van der Waals surface area contributed by atoms with Gasteiger partial charge >= 0.3 is 5.97 Å². The smallest absolute Gasteiger partial charge is 0.311 e. The Morgan fingerprint density at radius 3 is 2.63 bits per heavy atom. The Morgan fingerprint density at radius 2 is 2.00 bits per heavy atom.